The average molecular weight is 375 g/mol. The fourth-order valence-corrected chi connectivity index (χ4v) is 3.85. The maximum Gasteiger partial charge on any atom is 0.269 e. The number of likely N-dealkylation sites (N-methyl/N-ethyl adjacent to an activating group) is 1. The molecule has 1 atom stereocenters. The molecule has 3 heterocycles. The number of anilines is 1. The lowest BCUT2D eigenvalue weighted by molar-refractivity contribution is -0.122. The average Bonchev–Trinajstić information content (AvgIpc) is 3.10. The van der Waals surface area contributed by atoms with Gasteiger partial charge in [0.25, 0.3) is 5.56 Å². The zero-order valence-electron chi connectivity index (χ0n) is 15.2. The van der Waals surface area contributed by atoms with E-state index in [0.717, 1.165) is 38.3 Å². The summed E-state index contributed by atoms with van der Waals surface area (Å²) in [5, 5.41) is 9.14. The molecular formula is C18H25N5O2S. The molecule has 1 unspecified atom stereocenters. The van der Waals surface area contributed by atoms with Gasteiger partial charge in [-0.3, -0.25) is 9.59 Å². The Balaban J connectivity index is 1.55. The van der Waals surface area contributed by atoms with E-state index in [9.17, 15) is 9.59 Å². The number of hydrogen-bond acceptors (Lipinski definition) is 6. The third-order valence-corrected chi connectivity index (χ3v) is 5.41. The predicted octanol–water partition coefficient (Wildman–Crippen LogP) is 0.804. The van der Waals surface area contributed by atoms with Gasteiger partial charge in [-0.1, -0.05) is 6.07 Å². The Hall–Kier alpha value is -2.19. The van der Waals surface area contributed by atoms with E-state index < -0.39 is 0 Å². The molecule has 0 saturated carbocycles. The van der Waals surface area contributed by atoms with Crippen LogP contribution in [0, 0.1) is 0 Å². The van der Waals surface area contributed by atoms with Crippen LogP contribution in [0.2, 0.25) is 0 Å². The van der Waals surface area contributed by atoms with Crippen LogP contribution >= 0.6 is 11.3 Å². The van der Waals surface area contributed by atoms with Gasteiger partial charge in [0.05, 0.1) is 11.9 Å². The standard InChI is InChI=1S/C18H25N5O2S/c1-14(10-16-4-3-9-26-16)20-17(24)13-23-18(25)11-15(12-19-23)22-7-5-21(2)6-8-22/h3-4,9,11-12,14H,5-8,10,13H2,1-2H3,(H,20,24). The summed E-state index contributed by atoms with van der Waals surface area (Å²) in [6.45, 7) is 5.59. The van der Waals surface area contributed by atoms with Crippen LogP contribution in [0.1, 0.15) is 11.8 Å². The number of amides is 1. The van der Waals surface area contributed by atoms with E-state index in [-0.39, 0.29) is 24.1 Å². The normalized spacial score (nSPS) is 16.5. The van der Waals surface area contributed by atoms with Crippen LogP contribution in [0.3, 0.4) is 0 Å². The summed E-state index contributed by atoms with van der Waals surface area (Å²) in [5.74, 6) is -0.198. The molecule has 1 aliphatic rings. The van der Waals surface area contributed by atoms with Crippen LogP contribution in [-0.4, -0.2) is 59.9 Å². The zero-order chi connectivity index (χ0) is 18.5. The van der Waals surface area contributed by atoms with Crippen molar-refractivity contribution >= 4 is 22.9 Å². The molecule has 1 amide bonds. The Morgan fingerprint density at radius 1 is 1.35 bits per heavy atom. The number of nitrogens with zero attached hydrogens (tertiary/aromatic N) is 4. The summed E-state index contributed by atoms with van der Waals surface area (Å²) in [4.78, 5) is 30.2. The number of carbonyl (C=O) groups is 1. The minimum absolute atomic E-state index is 0.0152. The number of rotatable bonds is 6. The van der Waals surface area contributed by atoms with Crippen molar-refractivity contribution in [3.8, 4) is 0 Å². The maximum atomic E-state index is 12.3. The Morgan fingerprint density at radius 3 is 2.77 bits per heavy atom. The highest BCUT2D eigenvalue weighted by atomic mass is 32.1. The molecule has 26 heavy (non-hydrogen) atoms. The first kappa shape index (κ1) is 18.6. The van der Waals surface area contributed by atoms with Crippen molar-refractivity contribution in [1.82, 2.24) is 20.0 Å². The second-order valence-corrected chi connectivity index (χ2v) is 7.78. The van der Waals surface area contributed by atoms with E-state index in [0.29, 0.717) is 0 Å². The minimum atomic E-state index is -0.248. The van der Waals surface area contributed by atoms with E-state index in [1.807, 2.05) is 18.4 Å². The molecule has 2 aromatic heterocycles. The molecule has 0 bridgehead atoms. The Bertz CT molecular complexity index is 781. The Morgan fingerprint density at radius 2 is 2.12 bits per heavy atom. The maximum absolute atomic E-state index is 12.3. The molecule has 0 aliphatic carbocycles. The number of thiophene rings is 1. The predicted molar refractivity (Wildman–Crippen MR) is 104 cm³/mol. The molecule has 2 aromatic rings. The number of nitrogens with one attached hydrogen (secondary N) is 1. The molecule has 8 heteroatoms. The molecular weight excluding hydrogens is 350 g/mol. The van der Waals surface area contributed by atoms with E-state index in [1.165, 1.54) is 9.56 Å². The summed E-state index contributed by atoms with van der Waals surface area (Å²) < 4.78 is 1.22. The van der Waals surface area contributed by atoms with Crippen molar-refractivity contribution in [1.29, 1.82) is 0 Å². The number of carbonyl (C=O) groups excluding carboxylic acids is 1. The summed E-state index contributed by atoms with van der Waals surface area (Å²) in [6, 6.07) is 5.64. The van der Waals surface area contributed by atoms with E-state index >= 15 is 0 Å². The molecule has 3 rings (SSSR count). The largest absolute Gasteiger partial charge is 0.368 e. The molecule has 0 radical (unpaired) electrons. The molecule has 1 aliphatic heterocycles. The van der Waals surface area contributed by atoms with Crippen molar-refractivity contribution < 1.29 is 4.79 Å². The van der Waals surface area contributed by atoms with Gasteiger partial charge in [0.15, 0.2) is 0 Å². The van der Waals surface area contributed by atoms with Gasteiger partial charge in [-0.05, 0) is 25.4 Å². The summed E-state index contributed by atoms with van der Waals surface area (Å²) >= 11 is 1.67. The number of aromatic nitrogens is 2. The first-order valence-corrected chi connectivity index (χ1v) is 9.71. The SMILES string of the molecule is CC(Cc1cccs1)NC(=O)Cn1ncc(N2CCN(C)CC2)cc1=O. The van der Waals surface area contributed by atoms with E-state index in [1.54, 1.807) is 23.6 Å². The van der Waals surface area contributed by atoms with Crippen molar-refractivity contribution in [2.24, 2.45) is 0 Å². The van der Waals surface area contributed by atoms with Crippen molar-refractivity contribution in [3.63, 3.8) is 0 Å². The van der Waals surface area contributed by atoms with Gasteiger partial charge in [0, 0.05) is 49.6 Å². The number of hydrogen-bond donors (Lipinski definition) is 1. The van der Waals surface area contributed by atoms with Gasteiger partial charge >= 0.3 is 0 Å². The zero-order valence-corrected chi connectivity index (χ0v) is 16.0. The van der Waals surface area contributed by atoms with Gasteiger partial charge < -0.3 is 15.1 Å². The highest BCUT2D eigenvalue weighted by Crippen LogP contribution is 2.12. The monoisotopic (exact) mass is 375 g/mol. The molecule has 1 fully saturated rings. The lowest BCUT2D eigenvalue weighted by Crippen LogP contribution is -2.45. The van der Waals surface area contributed by atoms with Gasteiger partial charge in [-0.2, -0.15) is 5.10 Å². The minimum Gasteiger partial charge on any atom is -0.368 e. The fourth-order valence-electron chi connectivity index (χ4n) is 3.02. The second-order valence-electron chi connectivity index (χ2n) is 6.75. The van der Waals surface area contributed by atoms with Crippen molar-refractivity contribution in [2.45, 2.75) is 25.9 Å². The smallest absolute Gasteiger partial charge is 0.269 e. The lowest BCUT2D eigenvalue weighted by atomic mass is 10.2. The highest BCUT2D eigenvalue weighted by molar-refractivity contribution is 7.09. The molecule has 0 aromatic carbocycles. The van der Waals surface area contributed by atoms with Crippen LogP contribution in [0.15, 0.2) is 34.6 Å². The topological polar surface area (TPSA) is 70.5 Å². The molecule has 1 N–H and O–H groups in total. The van der Waals surface area contributed by atoms with Gasteiger partial charge in [0.2, 0.25) is 5.91 Å². The lowest BCUT2D eigenvalue weighted by Gasteiger charge is -2.33. The summed E-state index contributed by atoms with van der Waals surface area (Å²) in [5.41, 5.74) is 0.577. The second kappa shape index (κ2) is 8.46. The molecule has 140 valence electrons. The first-order chi connectivity index (χ1) is 12.5. The quantitative estimate of drug-likeness (QED) is 0.809. The third-order valence-electron chi connectivity index (χ3n) is 4.51. The van der Waals surface area contributed by atoms with Crippen LogP contribution in [0.25, 0.3) is 0 Å². The Kier molecular flexibility index (Phi) is 6.05. The molecule has 7 nitrogen and oxygen atoms in total. The van der Waals surface area contributed by atoms with Crippen LogP contribution in [0.5, 0.6) is 0 Å². The van der Waals surface area contributed by atoms with Crippen LogP contribution < -0.4 is 15.8 Å². The Labute approximate surface area is 157 Å². The van der Waals surface area contributed by atoms with E-state index in [4.69, 9.17) is 0 Å². The van der Waals surface area contributed by atoms with Gasteiger partial charge in [-0.15, -0.1) is 11.3 Å². The summed E-state index contributed by atoms with van der Waals surface area (Å²) in [7, 11) is 2.09. The first-order valence-electron chi connectivity index (χ1n) is 8.83. The van der Waals surface area contributed by atoms with Gasteiger partial charge in [0.1, 0.15) is 6.54 Å². The molecule has 0 spiro atoms. The summed E-state index contributed by atoms with van der Waals surface area (Å²) in [6.07, 6.45) is 2.46. The molecule has 1 saturated heterocycles. The fraction of sp³-hybridized carbons (Fsp3) is 0.500. The van der Waals surface area contributed by atoms with Crippen molar-refractivity contribution in [3.05, 3.63) is 45.0 Å². The van der Waals surface area contributed by atoms with Crippen LogP contribution in [0.4, 0.5) is 5.69 Å². The third kappa shape index (κ3) is 4.92. The van der Waals surface area contributed by atoms with Gasteiger partial charge in [-0.25, -0.2) is 4.68 Å². The highest BCUT2D eigenvalue weighted by Gasteiger charge is 2.16. The van der Waals surface area contributed by atoms with E-state index in [2.05, 4.69) is 33.3 Å². The van der Waals surface area contributed by atoms with Crippen LogP contribution in [-0.2, 0) is 17.8 Å². The van der Waals surface area contributed by atoms with Crippen molar-refractivity contribution in [2.75, 3.05) is 38.1 Å². The number of piperazine rings is 1.